The first-order valence-corrected chi connectivity index (χ1v) is 9.96. The number of carbonyl (C=O) groups is 1. The Morgan fingerprint density at radius 2 is 1.94 bits per heavy atom. The summed E-state index contributed by atoms with van der Waals surface area (Å²) in [5, 5.41) is 0. The number of hydrogen-bond donors (Lipinski definition) is 0. The highest BCUT2D eigenvalue weighted by atomic mass is 28.3. The Labute approximate surface area is 99.1 Å². The van der Waals surface area contributed by atoms with Crippen molar-refractivity contribution in [3.8, 4) is 0 Å². The second kappa shape index (κ2) is 4.36. The Balaban J connectivity index is 2.12. The molecule has 0 unspecified atom stereocenters. The molecule has 0 bridgehead atoms. The summed E-state index contributed by atoms with van der Waals surface area (Å²) < 4.78 is 5.56. The van der Waals surface area contributed by atoms with Crippen LogP contribution in [-0.4, -0.2) is 20.1 Å². The first-order chi connectivity index (χ1) is 7.46. The maximum Gasteiger partial charge on any atom is 0.333 e. The minimum Gasteiger partial charge on any atom is -0.459 e. The van der Waals surface area contributed by atoms with E-state index in [9.17, 15) is 4.79 Å². The molecule has 1 heterocycles. The van der Waals surface area contributed by atoms with Gasteiger partial charge in [0, 0.05) is 11.5 Å². The van der Waals surface area contributed by atoms with Crippen LogP contribution in [0.1, 0.15) is 32.1 Å². The third-order valence-electron chi connectivity index (χ3n) is 3.45. The Hall–Kier alpha value is -0.573. The fraction of sp³-hybridized carbons (Fsp3) is 0.769. The summed E-state index contributed by atoms with van der Waals surface area (Å²) in [5.74, 6) is 0.569. The maximum absolute atomic E-state index is 11.9. The van der Waals surface area contributed by atoms with Crippen LogP contribution in [-0.2, 0) is 9.53 Å². The van der Waals surface area contributed by atoms with Gasteiger partial charge in [-0.3, -0.25) is 0 Å². The van der Waals surface area contributed by atoms with Crippen LogP contribution in [0, 0.1) is 5.92 Å². The molecule has 0 N–H and O–H groups in total. The third-order valence-corrected chi connectivity index (χ3v) is 4.66. The number of rotatable bonds is 1. The van der Waals surface area contributed by atoms with Crippen molar-refractivity contribution in [2.75, 3.05) is 0 Å². The summed E-state index contributed by atoms with van der Waals surface area (Å²) in [7, 11) is -1.31. The zero-order chi connectivity index (χ0) is 11.8. The monoisotopic (exact) mass is 238 g/mol. The lowest BCUT2D eigenvalue weighted by atomic mass is 9.81. The van der Waals surface area contributed by atoms with Gasteiger partial charge in [-0.15, -0.1) is 0 Å². The molecule has 0 aromatic rings. The topological polar surface area (TPSA) is 26.3 Å². The lowest BCUT2D eigenvalue weighted by Crippen LogP contribution is -2.37. The van der Waals surface area contributed by atoms with Crippen molar-refractivity contribution in [1.82, 2.24) is 0 Å². The first kappa shape index (κ1) is 11.9. The molecule has 3 heteroatoms. The fourth-order valence-corrected chi connectivity index (χ4v) is 4.06. The normalized spacial score (nSPS) is 33.4. The number of fused-ring (bicyclic) bond motifs is 1. The molecule has 1 saturated heterocycles. The maximum atomic E-state index is 11.9. The van der Waals surface area contributed by atoms with Crippen molar-refractivity contribution in [3.63, 3.8) is 0 Å². The number of carbonyl (C=O) groups excluding carboxylic acids is 1. The highest BCUT2D eigenvalue weighted by Gasteiger charge is 2.35. The summed E-state index contributed by atoms with van der Waals surface area (Å²) in [6.45, 7) is 6.79. The molecule has 0 spiro atoms. The van der Waals surface area contributed by atoms with Crippen molar-refractivity contribution in [3.05, 3.63) is 11.3 Å². The summed E-state index contributed by atoms with van der Waals surface area (Å²) >= 11 is 0. The van der Waals surface area contributed by atoms with E-state index in [1.807, 2.05) is 0 Å². The van der Waals surface area contributed by atoms with Gasteiger partial charge < -0.3 is 4.74 Å². The molecule has 0 radical (unpaired) electrons. The standard InChI is InChI=1S/C13H22O2Si/c1-16(2,3)9-11-8-10-6-4-5-7-12(10)15-13(11)14/h9-10,12H,4-8H2,1-3H3/b11-9+/t10-,12+/m1/s1. The Morgan fingerprint density at radius 3 is 2.62 bits per heavy atom. The minimum absolute atomic E-state index is 0.0365. The lowest BCUT2D eigenvalue weighted by Gasteiger charge is -2.36. The zero-order valence-corrected chi connectivity index (χ0v) is 11.6. The number of esters is 1. The molecule has 1 saturated carbocycles. The quantitative estimate of drug-likeness (QED) is 0.398. The van der Waals surface area contributed by atoms with Gasteiger partial charge in [0.05, 0.1) is 8.07 Å². The molecule has 2 fully saturated rings. The van der Waals surface area contributed by atoms with Crippen LogP contribution in [0.2, 0.25) is 19.6 Å². The van der Waals surface area contributed by atoms with E-state index in [-0.39, 0.29) is 12.1 Å². The molecule has 16 heavy (non-hydrogen) atoms. The van der Waals surface area contributed by atoms with Crippen molar-refractivity contribution < 1.29 is 9.53 Å². The molecule has 1 aliphatic carbocycles. The Morgan fingerprint density at radius 1 is 1.25 bits per heavy atom. The molecule has 0 aromatic heterocycles. The van der Waals surface area contributed by atoms with Gasteiger partial charge in [-0.2, -0.15) is 0 Å². The highest BCUT2D eigenvalue weighted by Crippen LogP contribution is 2.36. The zero-order valence-electron chi connectivity index (χ0n) is 10.6. The summed E-state index contributed by atoms with van der Waals surface area (Å²) in [5.41, 5.74) is 3.18. The smallest absolute Gasteiger partial charge is 0.333 e. The molecule has 2 nitrogen and oxygen atoms in total. The molecule has 1 aliphatic heterocycles. The van der Waals surface area contributed by atoms with E-state index >= 15 is 0 Å². The van der Waals surface area contributed by atoms with E-state index in [0.29, 0.717) is 5.92 Å². The van der Waals surface area contributed by atoms with Crippen LogP contribution < -0.4 is 0 Å². The van der Waals surface area contributed by atoms with Crippen LogP contribution in [0.3, 0.4) is 0 Å². The van der Waals surface area contributed by atoms with Gasteiger partial charge in [0.2, 0.25) is 0 Å². The summed E-state index contributed by atoms with van der Waals surface area (Å²) in [6.07, 6.45) is 6.03. The summed E-state index contributed by atoms with van der Waals surface area (Å²) in [4.78, 5) is 11.9. The van der Waals surface area contributed by atoms with E-state index in [1.54, 1.807) is 0 Å². The first-order valence-electron chi connectivity index (χ1n) is 6.38. The SMILES string of the molecule is C[Si](C)(C)/C=C1\C[C@H]2CCCC[C@@H]2OC1=O. The van der Waals surface area contributed by atoms with Crippen molar-refractivity contribution in [2.24, 2.45) is 5.92 Å². The average Bonchev–Trinajstić information content (AvgIpc) is 2.17. The van der Waals surface area contributed by atoms with E-state index in [1.165, 1.54) is 19.3 Å². The Kier molecular flexibility index (Phi) is 3.24. The third kappa shape index (κ3) is 2.76. The van der Waals surface area contributed by atoms with Gasteiger partial charge >= 0.3 is 5.97 Å². The molecule has 90 valence electrons. The largest absolute Gasteiger partial charge is 0.459 e. The summed E-state index contributed by atoms with van der Waals surface area (Å²) in [6, 6.07) is 0. The van der Waals surface area contributed by atoms with Crippen molar-refractivity contribution >= 4 is 14.0 Å². The van der Waals surface area contributed by atoms with Gasteiger partial charge in [0.1, 0.15) is 6.10 Å². The Bertz CT molecular complexity index is 314. The van der Waals surface area contributed by atoms with Crippen molar-refractivity contribution in [1.29, 1.82) is 0 Å². The van der Waals surface area contributed by atoms with Crippen molar-refractivity contribution in [2.45, 2.75) is 57.8 Å². The minimum atomic E-state index is -1.31. The highest BCUT2D eigenvalue weighted by molar-refractivity contribution is 6.81. The molecule has 2 aliphatic rings. The van der Waals surface area contributed by atoms with Gasteiger partial charge in [-0.25, -0.2) is 4.79 Å². The molecular formula is C13H22O2Si. The number of hydrogen-bond acceptors (Lipinski definition) is 2. The predicted octanol–water partition coefficient (Wildman–Crippen LogP) is 3.30. The molecule has 2 rings (SSSR count). The van der Waals surface area contributed by atoms with Crippen LogP contribution in [0.5, 0.6) is 0 Å². The van der Waals surface area contributed by atoms with Gasteiger partial charge in [0.25, 0.3) is 0 Å². The second-order valence-electron chi connectivity index (χ2n) is 6.23. The lowest BCUT2D eigenvalue weighted by molar-refractivity contribution is -0.153. The van der Waals surface area contributed by atoms with E-state index < -0.39 is 8.07 Å². The molecular weight excluding hydrogens is 216 g/mol. The van der Waals surface area contributed by atoms with Gasteiger partial charge in [-0.05, 0) is 25.7 Å². The van der Waals surface area contributed by atoms with Gasteiger partial charge in [-0.1, -0.05) is 31.8 Å². The van der Waals surface area contributed by atoms with Crippen LogP contribution in [0.4, 0.5) is 0 Å². The van der Waals surface area contributed by atoms with Crippen LogP contribution >= 0.6 is 0 Å². The fourth-order valence-electron chi connectivity index (χ4n) is 2.78. The van der Waals surface area contributed by atoms with Gasteiger partial charge in [0.15, 0.2) is 0 Å². The van der Waals surface area contributed by atoms with Crippen LogP contribution in [0.25, 0.3) is 0 Å². The second-order valence-corrected chi connectivity index (χ2v) is 11.2. The predicted molar refractivity (Wildman–Crippen MR) is 67.9 cm³/mol. The molecule has 2 atom stereocenters. The van der Waals surface area contributed by atoms with E-state index in [4.69, 9.17) is 4.74 Å². The van der Waals surface area contributed by atoms with E-state index in [2.05, 4.69) is 25.3 Å². The molecule has 0 amide bonds. The van der Waals surface area contributed by atoms with E-state index in [0.717, 1.165) is 18.4 Å². The van der Waals surface area contributed by atoms with Crippen LogP contribution in [0.15, 0.2) is 11.3 Å². The molecule has 0 aromatic carbocycles. The number of ether oxygens (including phenoxy) is 1. The average molecular weight is 238 g/mol.